The van der Waals surface area contributed by atoms with Gasteiger partial charge in [-0.3, -0.25) is 0 Å². The van der Waals surface area contributed by atoms with Gasteiger partial charge >= 0.3 is 0 Å². The lowest BCUT2D eigenvalue weighted by Gasteiger charge is -1.96. The quantitative estimate of drug-likeness (QED) is 0.626. The maximum absolute atomic E-state index is 5.09. The molecule has 70 valence electrons. The van der Waals surface area contributed by atoms with Crippen LogP contribution < -0.4 is 0 Å². The second-order valence-electron chi connectivity index (χ2n) is 2.85. The van der Waals surface area contributed by atoms with E-state index in [4.69, 9.17) is 4.74 Å². The molecule has 1 rings (SSSR count). The molecule has 0 radical (unpaired) electrons. The second kappa shape index (κ2) is 6.30. The summed E-state index contributed by atoms with van der Waals surface area (Å²) in [6, 6.07) is 10.5. The number of ether oxygens (including phenoxy) is 1. The van der Waals surface area contributed by atoms with Crippen LogP contribution in [-0.2, 0) is 11.2 Å². The van der Waals surface area contributed by atoms with Crippen molar-refractivity contribution in [2.45, 2.75) is 19.8 Å². The average molecular weight is 176 g/mol. The van der Waals surface area contributed by atoms with Crippen molar-refractivity contribution in [3.8, 4) is 0 Å². The number of allylic oxidation sites excluding steroid dienone is 1. The minimum Gasteiger partial charge on any atom is -0.502 e. The molecule has 0 unspecified atom stereocenters. The first-order chi connectivity index (χ1) is 6.43. The third kappa shape index (κ3) is 4.36. The maximum atomic E-state index is 5.09. The van der Waals surface area contributed by atoms with Gasteiger partial charge in [0.05, 0.1) is 12.9 Å². The van der Waals surface area contributed by atoms with E-state index < -0.39 is 0 Å². The van der Waals surface area contributed by atoms with Crippen molar-refractivity contribution >= 4 is 0 Å². The van der Waals surface area contributed by atoms with Gasteiger partial charge in [-0.15, -0.1) is 0 Å². The van der Waals surface area contributed by atoms with Gasteiger partial charge in [0.2, 0.25) is 0 Å². The largest absolute Gasteiger partial charge is 0.502 e. The van der Waals surface area contributed by atoms with E-state index in [-0.39, 0.29) is 0 Å². The van der Waals surface area contributed by atoms with Gasteiger partial charge in [-0.2, -0.15) is 0 Å². The fourth-order valence-electron chi connectivity index (χ4n) is 1.13. The zero-order valence-corrected chi connectivity index (χ0v) is 8.07. The lowest BCUT2D eigenvalue weighted by Crippen LogP contribution is -1.82. The Morgan fingerprint density at radius 3 is 2.69 bits per heavy atom. The summed E-state index contributed by atoms with van der Waals surface area (Å²) in [6.07, 6.45) is 5.98. The molecule has 0 aliphatic heterocycles. The smallest absolute Gasteiger partial charge is 0.0845 e. The zero-order chi connectivity index (χ0) is 9.36. The van der Waals surface area contributed by atoms with E-state index in [0.717, 1.165) is 19.4 Å². The van der Waals surface area contributed by atoms with Gasteiger partial charge in [-0.1, -0.05) is 30.3 Å². The monoisotopic (exact) mass is 176 g/mol. The average Bonchev–Trinajstić information content (AvgIpc) is 2.19. The number of benzene rings is 1. The van der Waals surface area contributed by atoms with Crippen LogP contribution in [0.4, 0.5) is 0 Å². The van der Waals surface area contributed by atoms with Crippen LogP contribution in [-0.4, -0.2) is 6.61 Å². The van der Waals surface area contributed by atoms with Crippen LogP contribution in [0.15, 0.2) is 42.7 Å². The Morgan fingerprint density at radius 1 is 1.23 bits per heavy atom. The van der Waals surface area contributed by atoms with Gasteiger partial charge in [-0.05, 0) is 31.4 Å². The molecule has 0 atom stereocenters. The van der Waals surface area contributed by atoms with Crippen LogP contribution in [0, 0.1) is 0 Å². The lowest BCUT2D eigenvalue weighted by atomic mass is 10.1. The standard InChI is InChI=1S/C12H16O/c1-2-13-11-7-6-10-12-8-4-3-5-9-12/h3-5,7-9,11H,2,6,10H2,1H3/b11-7+. The highest BCUT2D eigenvalue weighted by Crippen LogP contribution is 2.02. The van der Waals surface area contributed by atoms with Crippen molar-refractivity contribution in [2.75, 3.05) is 6.61 Å². The van der Waals surface area contributed by atoms with Gasteiger partial charge in [0.15, 0.2) is 0 Å². The number of rotatable bonds is 5. The van der Waals surface area contributed by atoms with Crippen molar-refractivity contribution < 1.29 is 4.74 Å². The summed E-state index contributed by atoms with van der Waals surface area (Å²) in [4.78, 5) is 0. The Balaban J connectivity index is 2.20. The highest BCUT2D eigenvalue weighted by molar-refractivity contribution is 5.15. The third-order valence-corrected chi connectivity index (χ3v) is 1.80. The van der Waals surface area contributed by atoms with E-state index >= 15 is 0 Å². The van der Waals surface area contributed by atoms with Crippen molar-refractivity contribution in [1.82, 2.24) is 0 Å². The van der Waals surface area contributed by atoms with Crippen LogP contribution in [0.5, 0.6) is 0 Å². The minimum atomic E-state index is 0.752. The Morgan fingerprint density at radius 2 is 2.00 bits per heavy atom. The minimum absolute atomic E-state index is 0.752. The van der Waals surface area contributed by atoms with E-state index in [0.29, 0.717) is 0 Å². The lowest BCUT2D eigenvalue weighted by molar-refractivity contribution is 0.268. The SMILES string of the molecule is CCO/C=C/CCc1ccccc1. The molecule has 0 heterocycles. The van der Waals surface area contributed by atoms with Crippen molar-refractivity contribution in [1.29, 1.82) is 0 Å². The molecule has 1 aromatic rings. The van der Waals surface area contributed by atoms with Crippen molar-refractivity contribution in [3.63, 3.8) is 0 Å². The van der Waals surface area contributed by atoms with Gasteiger partial charge in [0.25, 0.3) is 0 Å². The predicted molar refractivity (Wildman–Crippen MR) is 55.5 cm³/mol. The highest BCUT2D eigenvalue weighted by Gasteiger charge is 1.87. The summed E-state index contributed by atoms with van der Waals surface area (Å²) in [5, 5.41) is 0. The third-order valence-electron chi connectivity index (χ3n) is 1.80. The molecule has 0 aliphatic carbocycles. The molecule has 13 heavy (non-hydrogen) atoms. The van der Waals surface area contributed by atoms with Crippen LogP contribution in [0.25, 0.3) is 0 Å². The van der Waals surface area contributed by atoms with Gasteiger partial charge in [0.1, 0.15) is 0 Å². The van der Waals surface area contributed by atoms with Crippen LogP contribution in [0.2, 0.25) is 0 Å². The molecule has 0 saturated heterocycles. The number of hydrogen-bond acceptors (Lipinski definition) is 1. The molecular weight excluding hydrogens is 160 g/mol. The Labute approximate surface area is 80.0 Å². The first-order valence-corrected chi connectivity index (χ1v) is 4.74. The Hall–Kier alpha value is -1.24. The fourth-order valence-corrected chi connectivity index (χ4v) is 1.13. The summed E-state index contributed by atoms with van der Waals surface area (Å²) in [5.41, 5.74) is 1.38. The molecule has 0 amide bonds. The highest BCUT2D eigenvalue weighted by atomic mass is 16.5. The molecule has 0 N–H and O–H groups in total. The Bertz CT molecular complexity index is 239. The summed E-state index contributed by atoms with van der Waals surface area (Å²) in [6.45, 7) is 2.74. The zero-order valence-electron chi connectivity index (χ0n) is 8.07. The molecule has 1 aromatic carbocycles. The van der Waals surface area contributed by atoms with Gasteiger partial charge < -0.3 is 4.74 Å². The van der Waals surface area contributed by atoms with Crippen LogP contribution in [0.3, 0.4) is 0 Å². The van der Waals surface area contributed by atoms with Crippen LogP contribution >= 0.6 is 0 Å². The van der Waals surface area contributed by atoms with Crippen molar-refractivity contribution in [3.05, 3.63) is 48.2 Å². The molecular formula is C12H16O. The molecule has 1 nitrogen and oxygen atoms in total. The molecule has 0 aliphatic rings. The fraction of sp³-hybridized carbons (Fsp3) is 0.333. The maximum Gasteiger partial charge on any atom is 0.0845 e. The molecule has 1 heteroatoms. The topological polar surface area (TPSA) is 9.23 Å². The molecule has 0 aromatic heterocycles. The van der Waals surface area contributed by atoms with Gasteiger partial charge in [-0.25, -0.2) is 0 Å². The van der Waals surface area contributed by atoms with E-state index in [1.807, 2.05) is 13.0 Å². The molecule has 0 bridgehead atoms. The summed E-state index contributed by atoms with van der Waals surface area (Å²) >= 11 is 0. The number of aryl methyl sites for hydroxylation is 1. The first kappa shape index (κ1) is 9.85. The van der Waals surface area contributed by atoms with E-state index in [1.165, 1.54) is 5.56 Å². The summed E-state index contributed by atoms with van der Waals surface area (Å²) < 4.78 is 5.09. The van der Waals surface area contributed by atoms with Gasteiger partial charge in [0, 0.05) is 0 Å². The second-order valence-corrected chi connectivity index (χ2v) is 2.85. The molecule has 0 saturated carbocycles. The normalized spacial score (nSPS) is 10.5. The predicted octanol–water partition coefficient (Wildman–Crippen LogP) is 3.17. The molecule has 0 fully saturated rings. The van der Waals surface area contributed by atoms with E-state index in [9.17, 15) is 0 Å². The summed E-state index contributed by atoms with van der Waals surface area (Å²) in [7, 11) is 0. The van der Waals surface area contributed by atoms with E-state index in [1.54, 1.807) is 6.26 Å². The Kier molecular flexibility index (Phi) is 4.77. The van der Waals surface area contributed by atoms with Crippen molar-refractivity contribution in [2.24, 2.45) is 0 Å². The first-order valence-electron chi connectivity index (χ1n) is 4.74. The van der Waals surface area contributed by atoms with Crippen LogP contribution in [0.1, 0.15) is 18.9 Å². The molecule has 0 spiro atoms. The summed E-state index contributed by atoms with van der Waals surface area (Å²) in [5.74, 6) is 0. The van der Waals surface area contributed by atoms with E-state index in [2.05, 4.69) is 30.3 Å². The number of hydrogen-bond donors (Lipinski definition) is 0.